The smallest absolute Gasteiger partial charge is 0.257 e. The zero-order valence-corrected chi connectivity index (χ0v) is 18.8. The molecule has 2 aliphatic rings. The van der Waals surface area contributed by atoms with E-state index in [1.165, 1.54) is 22.9 Å². The molecule has 0 unspecified atom stereocenters. The lowest BCUT2D eigenvalue weighted by atomic mass is 9.98. The molecule has 4 rings (SSSR count). The third kappa shape index (κ3) is 4.49. The van der Waals surface area contributed by atoms with E-state index in [1.807, 2.05) is 18.7 Å². The zero-order valence-electron chi connectivity index (χ0n) is 18.8. The Morgan fingerprint density at radius 2 is 1.68 bits per heavy atom. The summed E-state index contributed by atoms with van der Waals surface area (Å²) < 4.78 is 0. The second kappa shape index (κ2) is 8.79. The van der Waals surface area contributed by atoms with Crippen molar-refractivity contribution in [1.82, 2.24) is 9.80 Å². The highest BCUT2D eigenvalue weighted by Gasteiger charge is 2.25. The van der Waals surface area contributed by atoms with Gasteiger partial charge in [-0.25, -0.2) is 0 Å². The third-order valence-electron chi connectivity index (χ3n) is 6.58. The quantitative estimate of drug-likeness (QED) is 0.790. The molecule has 2 N–H and O–H groups in total. The van der Waals surface area contributed by atoms with Gasteiger partial charge in [0.25, 0.3) is 5.91 Å². The molecule has 0 bridgehead atoms. The SMILES string of the molecule is CC(C)c1cc(C(=O)N2CCCc3cc(N4CCN(C)CC4)ccc3C2)c(O)cc1O. The average molecular weight is 424 g/mol. The lowest BCUT2D eigenvalue weighted by molar-refractivity contribution is 0.0742. The van der Waals surface area contributed by atoms with E-state index in [0.717, 1.165) is 39.0 Å². The number of fused-ring (bicyclic) bond motifs is 1. The molecule has 166 valence electrons. The summed E-state index contributed by atoms with van der Waals surface area (Å²) in [6.07, 6.45) is 1.83. The Hall–Kier alpha value is -2.73. The molecule has 0 saturated carbocycles. The van der Waals surface area contributed by atoms with Gasteiger partial charge in [-0.1, -0.05) is 19.9 Å². The van der Waals surface area contributed by atoms with Gasteiger partial charge < -0.3 is 24.9 Å². The molecule has 2 heterocycles. The summed E-state index contributed by atoms with van der Waals surface area (Å²) in [5.74, 6) is -0.260. The number of amides is 1. The molecule has 31 heavy (non-hydrogen) atoms. The number of carbonyl (C=O) groups is 1. The number of phenolic OH excluding ortho intramolecular Hbond substituents is 2. The summed E-state index contributed by atoms with van der Waals surface area (Å²) >= 11 is 0. The highest BCUT2D eigenvalue weighted by atomic mass is 16.3. The van der Waals surface area contributed by atoms with E-state index < -0.39 is 0 Å². The van der Waals surface area contributed by atoms with Crippen LogP contribution < -0.4 is 4.90 Å². The van der Waals surface area contributed by atoms with E-state index in [0.29, 0.717) is 18.7 Å². The van der Waals surface area contributed by atoms with E-state index in [2.05, 4.69) is 35.0 Å². The molecule has 0 spiro atoms. The minimum atomic E-state index is -0.185. The van der Waals surface area contributed by atoms with Crippen molar-refractivity contribution in [2.75, 3.05) is 44.7 Å². The van der Waals surface area contributed by atoms with E-state index >= 15 is 0 Å². The van der Waals surface area contributed by atoms with Gasteiger partial charge in [0, 0.05) is 51.0 Å². The van der Waals surface area contributed by atoms with Crippen molar-refractivity contribution in [1.29, 1.82) is 0 Å². The van der Waals surface area contributed by atoms with Crippen LogP contribution in [-0.4, -0.2) is 65.7 Å². The first-order chi connectivity index (χ1) is 14.8. The summed E-state index contributed by atoms with van der Waals surface area (Å²) in [5.41, 5.74) is 4.69. The number of hydrogen-bond donors (Lipinski definition) is 2. The third-order valence-corrected chi connectivity index (χ3v) is 6.58. The largest absolute Gasteiger partial charge is 0.508 e. The van der Waals surface area contributed by atoms with Crippen LogP contribution in [-0.2, 0) is 13.0 Å². The summed E-state index contributed by atoms with van der Waals surface area (Å²) in [5, 5.41) is 20.5. The maximum atomic E-state index is 13.3. The van der Waals surface area contributed by atoms with Crippen molar-refractivity contribution >= 4 is 11.6 Å². The lowest BCUT2D eigenvalue weighted by Crippen LogP contribution is -2.44. The van der Waals surface area contributed by atoms with E-state index in [9.17, 15) is 15.0 Å². The van der Waals surface area contributed by atoms with Crippen molar-refractivity contribution < 1.29 is 15.0 Å². The zero-order chi connectivity index (χ0) is 22.1. The van der Waals surface area contributed by atoms with Crippen molar-refractivity contribution in [3.63, 3.8) is 0 Å². The number of aryl methyl sites for hydroxylation is 1. The van der Waals surface area contributed by atoms with Crippen LogP contribution in [0.4, 0.5) is 5.69 Å². The van der Waals surface area contributed by atoms with Gasteiger partial charge in [0.1, 0.15) is 11.5 Å². The first-order valence-corrected chi connectivity index (χ1v) is 11.2. The van der Waals surface area contributed by atoms with Crippen molar-refractivity contribution in [3.8, 4) is 11.5 Å². The molecule has 1 saturated heterocycles. The number of hydrogen-bond acceptors (Lipinski definition) is 5. The second-order valence-corrected chi connectivity index (χ2v) is 9.16. The second-order valence-electron chi connectivity index (χ2n) is 9.16. The Bertz CT molecular complexity index is 965. The Morgan fingerprint density at radius 1 is 0.935 bits per heavy atom. The number of phenols is 2. The van der Waals surface area contributed by atoms with E-state index in [1.54, 1.807) is 6.07 Å². The van der Waals surface area contributed by atoms with Crippen LogP contribution in [0.1, 0.15) is 53.2 Å². The van der Waals surface area contributed by atoms with Gasteiger partial charge in [-0.2, -0.15) is 0 Å². The van der Waals surface area contributed by atoms with Gasteiger partial charge in [-0.05, 0) is 60.7 Å². The highest BCUT2D eigenvalue weighted by Crippen LogP contribution is 2.34. The predicted molar refractivity (Wildman–Crippen MR) is 123 cm³/mol. The van der Waals surface area contributed by atoms with E-state index in [-0.39, 0.29) is 28.9 Å². The van der Waals surface area contributed by atoms with Crippen molar-refractivity contribution in [2.45, 2.75) is 39.2 Å². The van der Waals surface area contributed by atoms with Gasteiger partial charge in [0.2, 0.25) is 0 Å². The van der Waals surface area contributed by atoms with Gasteiger partial charge in [0.15, 0.2) is 0 Å². The molecule has 0 aromatic heterocycles. The average Bonchev–Trinajstić information content (AvgIpc) is 2.95. The van der Waals surface area contributed by atoms with Gasteiger partial charge in [0.05, 0.1) is 5.56 Å². The lowest BCUT2D eigenvalue weighted by Gasteiger charge is -2.34. The van der Waals surface area contributed by atoms with Gasteiger partial charge in [-0.3, -0.25) is 4.79 Å². The molecule has 2 aromatic rings. The standard InChI is InChI=1S/C25H33N3O3/c1-17(2)21-14-22(24(30)15-23(21)29)25(31)28-8-4-5-18-13-20(7-6-19(18)16-28)27-11-9-26(3)10-12-27/h6-7,13-15,17,29-30H,4-5,8-12,16H2,1-3H3. The molecule has 6 nitrogen and oxygen atoms in total. The van der Waals surface area contributed by atoms with Crippen LogP contribution in [0.5, 0.6) is 11.5 Å². The van der Waals surface area contributed by atoms with Crippen LogP contribution in [0.2, 0.25) is 0 Å². The Balaban J connectivity index is 1.55. The molecule has 2 aliphatic heterocycles. The van der Waals surface area contributed by atoms with Gasteiger partial charge >= 0.3 is 0 Å². The fourth-order valence-electron chi connectivity index (χ4n) is 4.58. The summed E-state index contributed by atoms with van der Waals surface area (Å²) in [6.45, 7) is 9.34. The number of piperazine rings is 1. The first kappa shape index (κ1) is 21.5. The van der Waals surface area contributed by atoms with Crippen LogP contribution in [0, 0.1) is 0 Å². The number of aromatic hydroxyl groups is 2. The maximum Gasteiger partial charge on any atom is 0.257 e. The number of nitrogens with zero attached hydrogens (tertiary/aromatic N) is 3. The highest BCUT2D eigenvalue weighted by molar-refractivity contribution is 5.97. The Kier molecular flexibility index (Phi) is 6.10. The first-order valence-electron chi connectivity index (χ1n) is 11.2. The Labute approximate surface area is 184 Å². The van der Waals surface area contributed by atoms with Crippen LogP contribution >= 0.6 is 0 Å². The fourth-order valence-corrected chi connectivity index (χ4v) is 4.58. The predicted octanol–water partition coefficient (Wildman–Crippen LogP) is 3.56. The van der Waals surface area contributed by atoms with Crippen LogP contribution in [0.3, 0.4) is 0 Å². The normalized spacial score (nSPS) is 17.5. The topological polar surface area (TPSA) is 67.3 Å². The molecule has 2 aromatic carbocycles. The molecular formula is C25H33N3O3. The fraction of sp³-hybridized carbons (Fsp3) is 0.480. The van der Waals surface area contributed by atoms with Crippen molar-refractivity contribution in [2.24, 2.45) is 0 Å². The molecule has 1 amide bonds. The maximum absolute atomic E-state index is 13.3. The molecule has 1 fully saturated rings. The summed E-state index contributed by atoms with van der Waals surface area (Å²) in [7, 11) is 2.16. The molecule has 0 radical (unpaired) electrons. The summed E-state index contributed by atoms with van der Waals surface area (Å²) in [6, 6.07) is 9.55. The number of rotatable bonds is 3. The van der Waals surface area contributed by atoms with E-state index in [4.69, 9.17) is 0 Å². The molecule has 0 aliphatic carbocycles. The number of benzene rings is 2. The minimum Gasteiger partial charge on any atom is -0.508 e. The van der Waals surface area contributed by atoms with Crippen LogP contribution in [0.25, 0.3) is 0 Å². The monoisotopic (exact) mass is 423 g/mol. The van der Waals surface area contributed by atoms with Gasteiger partial charge in [-0.15, -0.1) is 0 Å². The number of anilines is 1. The van der Waals surface area contributed by atoms with Crippen molar-refractivity contribution in [3.05, 3.63) is 52.6 Å². The molecule has 6 heteroatoms. The molecule has 0 atom stereocenters. The van der Waals surface area contributed by atoms with Crippen LogP contribution in [0.15, 0.2) is 30.3 Å². The number of carbonyl (C=O) groups excluding carboxylic acids is 1. The number of likely N-dealkylation sites (N-methyl/N-ethyl adjacent to an activating group) is 1. The Morgan fingerprint density at radius 3 is 2.39 bits per heavy atom. The molecular weight excluding hydrogens is 390 g/mol. The minimum absolute atomic E-state index is 0.0293. The summed E-state index contributed by atoms with van der Waals surface area (Å²) in [4.78, 5) is 19.9.